The Balaban J connectivity index is 2.81. The number of rotatable bonds is 7. The highest BCUT2D eigenvalue weighted by Gasteiger charge is 2.37. The summed E-state index contributed by atoms with van der Waals surface area (Å²) in [6, 6.07) is 3.65. The number of hydrogen-bond donors (Lipinski definition) is 1. The first-order valence-electron chi connectivity index (χ1n) is 9.80. The van der Waals surface area contributed by atoms with Crippen LogP contribution in [0.4, 0.5) is 4.79 Å². The summed E-state index contributed by atoms with van der Waals surface area (Å²) in [4.78, 5) is 28.5. The van der Waals surface area contributed by atoms with E-state index in [4.69, 9.17) is 13.9 Å². The van der Waals surface area contributed by atoms with Gasteiger partial charge in [-0.05, 0) is 50.5 Å². The fourth-order valence-electron chi connectivity index (χ4n) is 2.18. The third-order valence-corrected chi connectivity index (χ3v) is 9.45. The summed E-state index contributed by atoms with van der Waals surface area (Å²) in [5.41, 5.74) is 0.837. The second-order valence-corrected chi connectivity index (χ2v) is 14.4. The quantitative estimate of drug-likeness (QED) is 0.516. The molecule has 1 rings (SSSR count). The van der Waals surface area contributed by atoms with Crippen molar-refractivity contribution < 1.29 is 23.5 Å². The number of amides is 1. The van der Waals surface area contributed by atoms with Gasteiger partial charge in [-0.25, -0.2) is 4.79 Å². The highest BCUT2D eigenvalue weighted by molar-refractivity contribution is 6.74. The van der Waals surface area contributed by atoms with Gasteiger partial charge >= 0.3 is 12.1 Å². The molecule has 0 aliphatic rings. The normalized spacial score (nSPS) is 13.6. The molecule has 0 spiro atoms. The Morgan fingerprint density at radius 2 is 1.76 bits per heavy atom. The Bertz CT molecular complexity index is 691. The second-order valence-electron chi connectivity index (χ2n) is 9.59. The van der Waals surface area contributed by atoms with Crippen LogP contribution in [0, 0.1) is 0 Å². The first kappa shape index (κ1) is 25.1. The molecule has 0 aliphatic heterocycles. The lowest BCUT2D eigenvalue weighted by Crippen LogP contribution is -2.40. The maximum atomic E-state index is 12.2. The molecule has 1 atom stereocenters. The van der Waals surface area contributed by atoms with E-state index in [0.29, 0.717) is 12.2 Å². The van der Waals surface area contributed by atoms with E-state index in [1.807, 2.05) is 12.1 Å². The zero-order valence-electron chi connectivity index (χ0n) is 19.2. The van der Waals surface area contributed by atoms with Crippen LogP contribution in [0.25, 0.3) is 0 Å². The zero-order valence-corrected chi connectivity index (χ0v) is 20.2. The van der Waals surface area contributed by atoms with Gasteiger partial charge in [0.25, 0.3) is 0 Å². The molecule has 29 heavy (non-hydrogen) atoms. The predicted molar refractivity (Wildman–Crippen MR) is 115 cm³/mol. The van der Waals surface area contributed by atoms with Crippen molar-refractivity contribution in [3.8, 4) is 0 Å². The van der Waals surface area contributed by atoms with Crippen LogP contribution >= 0.6 is 0 Å². The molecule has 1 heterocycles. The average Bonchev–Trinajstić information content (AvgIpc) is 2.58. The van der Waals surface area contributed by atoms with E-state index in [2.05, 4.69) is 44.2 Å². The number of pyridine rings is 1. The van der Waals surface area contributed by atoms with Crippen LogP contribution in [0.3, 0.4) is 0 Å². The van der Waals surface area contributed by atoms with Gasteiger partial charge < -0.3 is 19.2 Å². The molecule has 0 aromatic carbocycles. The average molecular weight is 425 g/mol. The highest BCUT2D eigenvalue weighted by Crippen LogP contribution is 2.37. The van der Waals surface area contributed by atoms with Crippen molar-refractivity contribution >= 4 is 20.4 Å². The van der Waals surface area contributed by atoms with Crippen molar-refractivity contribution in [2.24, 2.45) is 0 Å². The molecule has 7 nitrogen and oxygen atoms in total. The standard InChI is InChI=1S/C21H36N2O5Si/c1-20(2,3)28-19(25)23-13-17(18(24)26-7)15-10-11-16(22-12-15)14-27-29(8,9)21(4,5)6/h10-12,17H,13-14H2,1-9H3,(H,23,25). The van der Waals surface area contributed by atoms with Gasteiger partial charge in [-0.1, -0.05) is 26.8 Å². The van der Waals surface area contributed by atoms with E-state index < -0.39 is 31.9 Å². The summed E-state index contributed by atoms with van der Waals surface area (Å²) < 4.78 is 16.3. The van der Waals surface area contributed by atoms with Gasteiger partial charge in [0.05, 0.1) is 19.4 Å². The molecule has 164 valence electrons. The van der Waals surface area contributed by atoms with Gasteiger partial charge in [0.2, 0.25) is 0 Å². The monoisotopic (exact) mass is 424 g/mol. The minimum absolute atomic E-state index is 0.0586. The number of nitrogens with one attached hydrogen (secondary N) is 1. The fraction of sp³-hybridized carbons (Fsp3) is 0.667. The second kappa shape index (κ2) is 9.71. The van der Waals surface area contributed by atoms with Crippen LogP contribution in [-0.2, 0) is 25.3 Å². The summed E-state index contributed by atoms with van der Waals surface area (Å²) in [6.07, 6.45) is 1.04. The molecule has 1 aromatic rings. The molecular formula is C21H36N2O5Si. The summed E-state index contributed by atoms with van der Waals surface area (Å²) >= 11 is 0. The third-order valence-electron chi connectivity index (χ3n) is 4.97. The van der Waals surface area contributed by atoms with Crippen LogP contribution < -0.4 is 5.32 Å². The lowest BCUT2D eigenvalue weighted by Gasteiger charge is -2.36. The molecule has 0 saturated carbocycles. The number of carbonyl (C=O) groups is 2. The van der Waals surface area contributed by atoms with Crippen LogP contribution in [-0.4, -0.2) is 44.6 Å². The molecule has 0 radical (unpaired) electrons. The topological polar surface area (TPSA) is 86.8 Å². The number of ether oxygens (including phenoxy) is 2. The predicted octanol–water partition coefficient (Wildman–Crippen LogP) is 4.38. The molecule has 1 unspecified atom stereocenters. The number of esters is 1. The van der Waals surface area contributed by atoms with Gasteiger partial charge in [-0.2, -0.15) is 0 Å². The lowest BCUT2D eigenvalue weighted by molar-refractivity contribution is -0.142. The third kappa shape index (κ3) is 8.14. The number of nitrogens with zero attached hydrogens (tertiary/aromatic N) is 1. The minimum Gasteiger partial charge on any atom is -0.468 e. The van der Waals surface area contributed by atoms with Gasteiger partial charge in [-0.3, -0.25) is 9.78 Å². The van der Waals surface area contributed by atoms with E-state index >= 15 is 0 Å². The molecule has 0 aliphatic carbocycles. The van der Waals surface area contributed by atoms with Crippen LogP contribution in [0.5, 0.6) is 0 Å². The van der Waals surface area contributed by atoms with E-state index in [1.54, 1.807) is 27.0 Å². The molecule has 8 heteroatoms. The van der Waals surface area contributed by atoms with E-state index in [9.17, 15) is 9.59 Å². The first-order valence-corrected chi connectivity index (χ1v) is 12.7. The summed E-state index contributed by atoms with van der Waals surface area (Å²) in [5.74, 6) is -1.12. The van der Waals surface area contributed by atoms with Crippen molar-refractivity contribution in [3.05, 3.63) is 29.6 Å². The van der Waals surface area contributed by atoms with E-state index in [1.165, 1.54) is 7.11 Å². The van der Waals surface area contributed by atoms with E-state index in [-0.39, 0.29) is 11.6 Å². The molecule has 0 saturated heterocycles. The number of hydrogen-bond acceptors (Lipinski definition) is 6. The van der Waals surface area contributed by atoms with Crippen molar-refractivity contribution in [1.82, 2.24) is 10.3 Å². The number of methoxy groups -OCH3 is 1. The summed E-state index contributed by atoms with van der Waals surface area (Å²) in [5, 5.41) is 2.74. The van der Waals surface area contributed by atoms with Crippen LogP contribution in [0.1, 0.15) is 58.7 Å². The molecule has 0 fully saturated rings. The Morgan fingerprint density at radius 3 is 2.21 bits per heavy atom. The minimum atomic E-state index is -1.87. The Labute approximate surface area is 175 Å². The van der Waals surface area contributed by atoms with Crippen LogP contribution in [0.2, 0.25) is 18.1 Å². The highest BCUT2D eigenvalue weighted by atomic mass is 28.4. The fourth-order valence-corrected chi connectivity index (χ4v) is 3.12. The van der Waals surface area contributed by atoms with Crippen molar-refractivity contribution in [1.29, 1.82) is 0 Å². The zero-order chi connectivity index (χ0) is 22.5. The molecule has 1 N–H and O–H groups in total. The van der Waals surface area contributed by atoms with Gasteiger partial charge in [-0.15, -0.1) is 0 Å². The van der Waals surface area contributed by atoms with Crippen molar-refractivity contribution in [3.63, 3.8) is 0 Å². The van der Waals surface area contributed by atoms with Gasteiger partial charge in [0, 0.05) is 12.7 Å². The van der Waals surface area contributed by atoms with Crippen molar-refractivity contribution in [2.45, 2.75) is 77.8 Å². The van der Waals surface area contributed by atoms with E-state index in [0.717, 1.165) is 5.69 Å². The largest absolute Gasteiger partial charge is 0.468 e. The maximum absolute atomic E-state index is 12.2. The Hall–Kier alpha value is -1.93. The van der Waals surface area contributed by atoms with Gasteiger partial charge in [0.1, 0.15) is 11.5 Å². The SMILES string of the molecule is COC(=O)C(CNC(=O)OC(C)(C)C)c1ccc(CO[Si](C)(C)C(C)(C)C)nc1. The number of alkyl carbamates (subject to hydrolysis) is 1. The number of aromatic nitrogens is 1. The molecular weight excluding hydrogens is 388 g/mol. The lowest BCUT2D eigenvalue weighted by atomic mass is 10.0. The van der Waals surface area contributed by atoms with Crippen LogP contribution in [0.15, 0.2) is 18.3 Å². The Morgan fingerprint density at radius 1 is 1.14 bits per heavy atom. The smallest absolute Gasteiger partial charge is 0.407 e. The molecule has 1 amide bonds. The van der Waals surface area contributed by atoms with Crippen molar-refractivity contribution in [2.75, 3.05) is 13.7 Å². The molecule has 1 aromatic heterocycles. The first-order chi connectivity index (χ1) is 13.2. The Kier molecular flexibility index (Phi) is 8.41. The summed E-state index contributed by atoms with van der Waals surface area (Å²) in [6.45, 7) is 16.8. The molecule has 0 bridgehead atoms. The number of carbonyl (C=O) groups excluding carboxylic acids is 2. The van der Waals surface area contributed by atoms with Gasteiger partial charge in [0.15, 0.2) is 8.32 Å². The maximum Gasteiger partial charge on any atom is 0.407 e. The summed E-state index contributed by atoms with van der Waals surface area (Å²) in [7, 11) is -0.550.